The maximum absolute atomic E-state index is 12.5. The van der Waals surface area contributed by atoms with Crippen molar-refractivity contribution in [2.75, 3.05) is 19.7 Å². The van der Waals surface area contributed by atoms with Crippen LogP contribution in [0.1, 0.15) is 40.2 Å². The number of esters is 1. The van der Waals surface area contributed by atoms with Gasteiger partial charge in [-0.05, 0) is 40.2 Å². The number of Topliss-reactive ketones (excluding diaryl/α,β-unsaturated/α-hetero) is 1. The van der Waals surface area contributed by atoms with Crippen LogP contribution in [0.2, 0.25) is 0 Å². The second-order valence-corrected chi connectivity index (χ2v) is 7.27. The molecule has 0 fully saturated rings. The van der Waals surface area contributed by atoms with Gasteiger partial charge in [-0.2, -0.15) is 0 Å². The third-order valence-corrected chi connectivity index (χ3v) is 3.50. The van der Waals surface area contributed by atoms with Gasteiger partial charge in [-0.15, -0.1) is 0 Å². The minimum atomic E-state index is -0.736. The van der Waals surface area contributed by atoms with E-state index in [1.807, 2.05) is 30.3 Å². The molecule has 0 spiro atoms. The van der Waals surface area contributed by atoms with E-state index in [1.54, 1.807) is 39.5 Å². The van der Waals surface area contributed by atoms with Gasteiger partial charge in [-0.25, -0.2) is 4.79 Å². The monoisotopic (exact) mass is 378 g/mol. The lowest BCUT2D eigenvalue weighted by atomic mass is 10.1. The number of rotatable bonds is 9. The predicted molar refractivity (Wildman–Crippen MR) is 102 cm³/mol. The van der Waals surface area contributed by atoms with Gasteiger partial charge in [-0.3, -0.25) is 14.5 Å². The Morgan fingerprint density at radius 3 is 2.30 bits per heavy atom. The normalized spacial score (nSPS) is 12.4. The highest BCUT2D eigenvalue weighted by Gasteiger charge is 2.23. The fourth-order valence-electron chi connectivity index (χ4n) is 2.32. The van der Waals surface area contributed by atoms with Crippen molar-refractivity contribution in [3.05, 3.63) is 35.9 Å². The summed E-state index contributed by atoms with van der Waals surface area (Å²) in [5, 5.41) is 2.53. The van der Waals surface area contributed by atoms with Crippen LogP contribution in [0.4, 0.5) is 4.79 Å². The summed E-state index contributed by atoms with van der Waals surface area (Å²) >= 11 is 0. The Labute approximate surface area is 161 Å². The number of hydrogen-bond donors (Lipinski definition) is 1. The summed E-state index contributed by atoms with van der Waals surface area (Å²) in [7, 11) is 0. The second-order valence-electron chi connectivity index (χ2n) is 7.27. The number of alkyl carbamates (subject to hydrolysis) is 1. The smallest absolute Gasteiger partial charge is 0.408 e. The Morgan fingerprint density at radius 1 is 1.11 bits per heavy atom. The van der Waals surface area contributed by atoms with Gasteiger partial charge in [0.25, 0.3) is 0 Å². The van der Waals surface area contributed by atoms with Crippen LogP contribution in [-0.4, -0.2) is 54.1 Å². The number of nitrogens with zero attached hydrogens (tertiary/aromatic N) is 1. The largest absolute Gasteiger partial charge is 0.465 e. The second kappa shape index (κ2) is 10.7. The number of hydrogen-bond acceptors (Lipinski definition) is 6. The van der Waals surface area contributed by atoms with Crippen molar-refractivity contribution >= 4 is 17.8 Å². The summed E-state index contributed by atoms with van der Waals surface area (Å²) in [5.74, 6) is -0.616. The predicted octanol–water partition coefficient (Wildman–Crippen LogP) is 2.53. The van der Waals surface area contributed by atoms with Gasteiger partial charge in [0.2, 0.25) is 0 Å². The van der Waals surface area contributed by atoms with Gasteiger partial charge in [0.1, 0.15) is 5.60 Å². The van der Waals surface area contributed by atoms with Crippen molar-refractivity contribution in [2.24, 2.45) is 0 Å². The molecular formula is C20H30N2O5. The first-order chi connectivity index (χ1) is 12.6. The van der Waals surface area contributed by atoms with Gasteiger partial charge in [-0.1, -0.05) is 30.3 Å². The Bertz CT molecular complexity index is 625. The summed E-state index contributed by atoms with van der Waals surface area (Å²) < 4.78 is 10.2. The number of carbonyl (C=O) groups is 3. The van der Waals surface area contributed by atoms with E-state index in [4.69, 9.17) is 9.47 Å². The lowest BCUT2D eigenvalue weighted by Gasteiger charge is -2.24. The van der Waals surface area contributed by atoms with Crippen LogP contribution in [0.25, 0.3) is 0 Å². The third-order valence-electron chi connectivity index (χ3n) is 3.50. The van der Waals surface area contributed by atoms with Crippen molar-refractivity contribution in [2.45, 2.75) is 52.8 Å². The van der Waals surface area contributed by atoms with E-state index in [9.17, 15) is 14.4 Å². The number of benzene rings is 1. The van der Waals surface area contributed by atoms with Crippen LogP contribution < -0.4 is 5.32 Å². The molecule has 0 bridgehead atoms. The Hall–Kier alpha value is -2.41. The van der Waals surface area contributed by atoms with Gasteiger partial charge < -0.3 is 14.8 Å². The first kappa shape index (κ1) is 22.6. The van der Waals surface area contributed by atoms with Crippen molar-refractivity contribution in [1.82, 2.24) is 10.2 Å². The molecule has 0 unspecified atom stereocenters. The average molecular weight is 378 g/mol. The number of ether oxygens (including phenoxy) is 2. The summed E-state index contributed by atoms with van der Waals surface area (Å²) in [6.07, 6.45) is -0.650. The van der Waals surface area contributed by atoms with Gasteiger partial charge >= 0.3 is 12.1 Å². The summed E-state index contributed by atoms with van der Waals surface area (Å²) in [6.45, 7) is 9.28. The highest BCUT2D eigenvalue weighted by Crippen LogP contribution is 2.08. The zero-order valence-electron chi connectivity index (χ0n) is 16.8. The van der Waals surface area contributed by atoms with E-state index in [-0.39, 0.29) is 25.5 Å². The molecule has 0 aliphatic rings. The van der Waals surface area contributed by atoms with Crippen molar-refractivity contribution in [3.63, 3.8) is 0 Å². The third kappa shape index (κ3) is 9.75. The van der Waals surface area contributed by atoms with Crippen LogP contribution in [0.5, 0.6) is 0 Å². The SMILES string of the molecule is CCOC(=O)CN(CC(=O)[C@@H](C)NC(=O)OC(C)(C)C)Cc1ccccc1. The van der Waals surface area contributed by atoms with Crippen molar-refractivity contribution in [3.8, 4) is 0 Å². The summed E-state index contributed by atoms with van der Waals surface area (Å²) in [4.78, 5) is 37.9. The fourth-order valence-corrected chi connectivity index (χ4v) is 2.32. The summed E-state index contributed by atoms with van der Waals surface area (Å²) in [6, 6.07) is 8.80. The average Bonchev–Trinajstić information content (AvgIpc) is 2.53. The van der Waals surface area contributed by atoms with Gasteiger partial charge in [0.15, 0.2) is 5.78 Å². The van der Waals surface area contributed by atoms with E-state index in [0.717, 1.165) is 5.56 Å². The Morgan fingerprint density at radius 2 is 1.74 bits per heavy atom. The highest BCUT2D eigenvalue weighted by atomic mass is 16.6. The molecule has 7 nitrogen and oxygen atoms in total. The first-order valence-electron chi connectivity index (χ1n) is 9.05. The zero-order chi connectivity index (χ0) is 20.4. The van der Waals surface area contributed by atoms with Gasteiger partial charge in [0, 0.05) is 6.54 Å². The lowest BCUT2D eigenvalue weighted by molar-refractivity contribution is -0.144. The molecule has 1 rings (SSSR count). The van der Waals surface area contributed by atoms with Crippen LogP contribution >= 0.6 is 0 Å². The van der Waals surface area contributed by atoms with Crippen LogP contribution in [0, 0.1) is 0 Å². The van der Waals surface area contributed by atoms with E-state index < -0.39 is 23.7 Å². The molecule has 0 aromatic heterocycles. The van der Waals surface area contributed by atoms with E-state index in [1.165, 1.54) is 0 Å². The molecule has 27 heavy (non-hydrogen) atoms. The molecular weight excluding hydrogens is 348 g/mol. The number of carbonyl (C=O) groups excluding carboxylic acids is 3. The molecule has 150 valence electrons. The molecule has 0 aliphatic heterocycles. The Kier molecular flexibility index (Phi) is 8.94. The quantitative estimate of drug-likeness (QED) is 0.665. The number of ketones is 1. The van der Waals surface area contributed by atoms with Crippen LogP contribution in [0.15, 0.2) is 30.3 Å². The molecule has 0 saturated carbocycles. The molecule has 1 atom stereocenters. The first-order valence-corrected chi connectivity index (χ1v) is 9.05. The fraction of sp³-hybridized carbons (Fsp3) is 0.550. The Balaban J connectivity index is 2.70. The minimum Gasteiger partial charge on any atom is -0.465 e. The topological polar surface area (TPSA) is 84.9 Å². The van der Waals surface area contributed by atoms with Crippen LogP contribution in [0.3, 0.4) is 0 Å². The molecule has 0 heterocycles. The van der Waals surface area contributed by atoms with E-state index in [0.29, 0.717) is 6.54 Å². The van der Waals surface area contributed by atoms with Crippen LogP contribution in [-0.2, 0) is 25.6 Å². The maximum atomic E-state index is 12.5. The molecule has 0 saturated heterocycles. The van der Waals surface area contributed by atoms with Crippen molar-refractivity contribution < 1.29 is 23.9 Å². The standard InChI is InChI=1S/C20H30N2O5/c1-6-26-18(24)14-22(12-16-10-8-7-9-11-16)13-17(23)15(2)21-19(25)27-20(3,4)5/h7-11,15H,6,12-14H2,1-5H3,(H,21,25)/t15-/m1/s1. The lowest BCUT2D eigenvalue weighted by Crippen LogP contribution is -2.46. The molecule has 0 radical (unpaired) electrons. The number of nitrogens with one attached hydrogen (secondary N) is 1. The summed E-state index contributed by atoms with van der Waals surface area (Å²) in [5.41, 5.74) is 0.332. The van der Waals surface area contributed by atoms with Gasteiger partial charge in [0.05, 0.1) is 25.7 Å². The van der Waals surface area contributed by atoms with E-state index in [2.05, 4.69) is 5.32 Å². The molecule has 7 heteroatoms. The molecule has 1 aromatic rings. The highest BCUT2D eigenvalue weighted by molar-refractivity contribution is 5.89. The number of amides is 1. The molecule has 1 amide bonds. The van der Waals surface area contributed by atoms with E-state index >= 15 is 0 Å². The molecule has 0 aliphatic carbocycles. The molecule has 1 aromatic carbocycles. The zero-order valence-corrected chi connectivity index (χ0v) is 16.8. The maximum Gasteiger partial charge on any atom is 0.408 e. The van der Waals surface area contributed by atoms with Crippen molar-refractivity contribution in [1.29, 1.82) is 0 Å². The minimum absolute atomic E-state index is 0.00464. The molecule has 1 N–H and O–H groups in total.